The van der Waals surface area contributed by atoms with Gasteiger partial charge >= 0.3 is 0 Å². The summed E-state index contributed by atoms with van der Waals surface area (Å²) in [6, 6.07) is 1.66. The van der Waals surface area contributed by atoms with Crippen LogP contribution in [-0.2, 0) is 14.8 Å². The van der Waals surface area contributed by atoms with E-state index in [1.165, 1.54) is 15.6 Å². The molecular weight excluding hydrogens is 296 g/mol. The lowest BCUT2D eigenvalue weighted by Gasteiger charge is -2.20. The fraction of sp³-hybridized carbons (Fsp3) is 0.615. The molecule has 0 bridgehead atoms. The van der Waals surface area contributed by atoms with Crippen LogP contribution < -0.4 is 5.32 Å². The zero-order valence-corrected chi connectivity index (χ0v) is 14.2. The number of aryl methyl sites for hydroxylation is 2. The van der Waals surface area contributed by atoms with E-state index in [0.29, 0.717) is 4.90 Å². The lowest BCUT2D eigenvalue weighted by Crippen LogP contribution is -2.42. The van der Waals surface area contributed by atoms with Gasteiger partial charge in [-0.05, 0) is 33.8 Å². The van der Waals surface area contributed by atoms with E-state index in [4.69, 9.17) is 0 Å². The van der Waals surface area contributed by atoms with Crippen molar-refractivity contribution in [1.82, 2.24) is 9.62 Å². The van der Waals surface area contributed by atoms with Crippen LogP contribution in [0.2, 0.25) is 0 Å². The average Bonchev–Trinajstić information content (AvgIpc) is 2.64. The van der Waals surface area contributed by atoms with Crippen molar-refractivity contribution in [3.8, 4) is 0 Å². The lowest BCUT2D eigenvalue weighted by molar-refractivity contribution is -0.121. The number of hydrogen-bond donors (Lipinski definition) is 1. The second kappa shape index (κ2) is 6.69. The second-order valence-corrected chi connectivity index (χ2v) is 8.30. The van der Waals surface area contributed by atoms with Crippen molar-refractivity contribution in [1.29, 1.82) is 0 Å². The van der Waals surface area contributed by atoms with Crippen LogP contribution in [0.3, 0.4) is 0 Å². The molecule has 1 aromatic rings. The minimum absolute atomic E-state index is 0.00552. The molecule has 5 nitrogen and oxygen atoms in total. The lowest BCUT2D eigenvalue weighted by atomic mass is 10.4. The molecule has 1 heterocycles. The van der Waals surface area contributed by atoms with E-state index in [2.05, 4.69) is 5.32 Å². The number of carbonyl (C=O) groups is 1. The molecule has 0 saturated heterocycles. The van der Waals surface area contributed by atoms with Crippen LogP contribution in [-0.4, -0.2) is 37.8 Å². The Kier molecular flexibility index (Phi) is 5.73. The highest BCUT2D eigenvalue weighted by molar-refractivity contribution is 7.89. The van der Waals surface area contributed by atoms with Crippen LogP contribution in [0.1, 0.15) is 30.5 Å². The van der Waals surface area contributed by atoms with Crippen molar-refractivity contribution in [2.45, 2.75) is 45.6 Å². The maximum Gasteiger partial charge on any atom is 0.244 e. The summed E-state index contributed by atoms with van der Waals surface area (Å²) >= 11 is 1.45. The molecule has 0 aliphatic rings. The first kappa shape index (κ1) is 17.1. The summed E-state index contributed by atoms with van der Waals surface area (Å²) in [5, 5.41) is 2.71. The monoisotopic (exact) mass is 318 g/mol. The van der Waals surface area contributed by atoms with Gasteiger partial charge in [0.05, 0.1) is 11.4 Å². The van der Waals surface area contributed by atoms with E-state index in [9.17, 15) is 13.2 Å². The van der Waals surface area contributed by atoms with Crippen LogP contribution in [0.15, 0.2) is 11.0 Å². The highest BCUT2D eigenvalue weighted by atomic mass is 32.2. The van der Waals surface area contributed by atoms with Gasteiger partial charge in [-0.1, -0.05) is 6.92 Å². The summed E-state index contributed by atoms with van der Waals surface area (Å²) < 4.78 is 26.4. The Morgan fingerprint density at radius 1 is 1.40 bits per heavy atom. The van der Waals surface area contributed by atoms with Gasteiger partial charge in [0, 0.05) is 22.3 Å². The molecule has 1 aromatic heterocycles. The number of carbonyl (C=O) groups excluding carboxylic acids is 1. The molecule has 1 N–H and O–H groups in total. The molecule has 0 unspecified atom stereocenters. The highest BCUT2D eigenvalue weighted by Crippen LogP contribution is 2.27. The zero-order valence-electron chi connectivity index (χ0n) is 12.6. The smallest absolute Gasteiger partial charge is 0.244 e. The van der Waals surface area contributed by atoms with Crippen LogP contribution in [0.25, 0.3) is 0 Å². The SMILES string of the molecule is CCN(CC(=O)NC(C)C)S(=O)(=O)c1cc(C)sc1C. The maximum absolute atomic E-state index is 12.6. The molecule has 114 valence electrons. The molecule has 0 aliphatic heterocycles. The van der Waals surface area contributed by atoms with E-state index in [-0.39, 0.29) is 25.0 Å². The van der Waals surface area contributed by atoms with Gasteiger partial charge < -0.3 is 5.32 Å². The van der Waals surface area contributed by atoms with E-state index < -0.39 is 10.0 Å². The molecule has 0 radical (unpaired) electrons. The molecular formula is C13H22N2O3S2. The van der Waals surface area contributed by atoms with E-state index in [0.717, 1.165) is 9.75 Å². The number of hydrogen-bond acceptors (Lipinski definition) is 4. The summed E-state index contributed by atoms with van der Waals surface area (Å²) in [7, 11) is -3.61. The van der Waals surface area contributed by atoms with Gasteiger partial charge in [-0.3, -0.25) is 4.79 Å². The van der Waals surface area contributed by atoms with Crippen molar-refractivity contribution < 1.29 is 13.2 Å². The average molecular weight is 318 g/mol. The number of sulfonamides is 1. The summed E-state index contributed by atoms with van der Waals surface area (Å²) in [4.78, 5) is 13.8. The minimum atomic E-state index is -3.61. The Morgan fingerprint density at radius 2 is 2.00 bits per heavy atom. The molecule has 0 atom stereocenters. The Hall–Kier alpha value is -0.920. The van der Waals surface area contributed by atoms with Crippen molar-refractivity contribution >= 4 is 27.3 Å². The van der Waals surface area contributed by atoms with Gasteiger partial charge in [0.15, 0.2) is 0 Å². The third-order valence-electron chi connectivity index (χ3n) is 2.74. The summed E-state index contributed by atoms with van der Waals surface area (Å²) in [5.74, 6) is -0.282. The van der Waals surface area contributed by atoms with Gasteiger partial charge in [0.25, 0.3) is 0 Å². The zero-order chi connectivity index (χ0) is 15.5. The predicted octanol–water partition coefficient (Wildman–Crippen LogP) is 1.90. The minimum Gasteiger partial charge on any atom is -0.353 e. The second-order valence-electron chi connectivity index (χ2n) is 4.93. The number of nitrogens with one attached hydrogen (secondary N) is 1. The molecule has 0 saturated carbocycles. The molecule has 1 amide bonds. The molecule has 0 aromatic carbocycles. The van der Waals surface area contributed by atoms with Gasteiger partial charge in [0.2, 0.25) is 15.9 Å². The summed E-state index contributed by atoms with van der Waals surface area (Å²) in [5.41, 5.74) is 0. The molecule has 0 aliphatic carbocycles. The fourth-order valence-corrected chi connectivity index (χ4v) is 4.83. The van der Waals surface area contributed by atoms with Gasteiger partial charge in [-0.25, -0.2) is 8.42 Å². The van der Waals surface area contributed by atoms with Crippen molar-refractivity contribution in [3.05, 3.63) is 15.8 Å². The number of amides is 1. The van der Waals surface area contributed by atoms with Gasteiger partial charge in [0.1, 0.15) is 0 Å². The third-order valence-corrected chi connectivity index (χ3v) is 5.88. The van der Waals surface area contributed by atoms with Crippen molar-refractivity contribution in [2.75, 3.05) is 13.1 Å². The van der Waals surface area contributed by atoms with Gasteiger partial charge in [-0.15, -0.1) is 11.3 Å². The quantitative estimate of drug-likeness (QED) is 0.871. The first-order valence-electron chi connectivity index (χ1n) is 6.55. The standard InChI is InChI=1S/C13H22N2O3S2/c1-6-15(8-13(16)14-9(2)3)20(17,18)12-7-10(4)19-11(12)5/h7,9H,6,8H2,1-5H3,(H,14,16). The Balaban J connectivity index is 2.99. The molecule has 1 rings (SSSR count). The van der Waals surface area contributed by atoms with Crippen LogP contribution in [0.4, 0.5) is 0 Å². The highest BCUT2D eigenvalue weighted by Gasteiger charge is 2.28. The van der Waals surface area contributed by atoms with Crippen molar-refractivity contribution in [2.24, 2.45) is 0 Å². The molecule has 7 heteroatoms. The first-order valence-corrected chi connectivity index (χ1v) is 8.80. The molecule has 0 fully saturated rings. The molecule has 20 heavy (non-hydrogen) atoms. The van der Waals surface area contributed by atoms with Gasteiger partial charge in [-0.2, -0.15) is 4.31 Å². The maximum atomic E-state index is 12.6. The Bertz CT molecular complexity index is 576. The van der Waals surface area contributed by atoms with E-state index in [1.54, 1.807) is 19.9 Å². The van der Waals surface area contributed by atoms with E-state index >= 15 is 0 Å². The Labute approximate surface area is 125 Å². The van der Waals surface area contributed by atoms with E-state index in [1.807, 2.05) is 20.8 Å². The number of rotatable bonds is 6. The summed E-state index contributed by atoms with van der Waals surface area (Å²) in [6.45, 7) is 9.19. The third kappa shape index (κ3) is 4.04. The number of thiophene rings is 1. The van der Waals surface area contributed by atoms with Crippen LogP contribution >= 0.6 is 11.3 Å². The fourth-order valence-electron chi connectivity index (χ4n) is 1.90. The Morgan fingerprint density at radius 3 is 2.40 bits per heavy atom. The van der Waals surface area contributed by atoms with Crippen LogP contribution in [0, 0.1) is 13.8 Å². The largest absolute Gasteiger partial charge is 0.353 e. The topological polar surface area (TPSA) is 66.5 Å². The van der Waals surface area contributed by atoms with Crippen molar-refractivity contribution in [3.63, 3.8) is 0 Å². The number of nitrogens with zero attached hydrogens (tertiary/aromatic N) is 1. The number of likely N-dealkylation sites (N-methyl/N-ethyl adjacent to an activating group) is 1. The summed E-state index contributed by atoms with van der Waals surface area (Å²) in [6.07, 6.45) is 0. The van der Waals surface area contributed by atoms with Crippen LogP contribution in [0.5, 0.6) is 0 Å². The predicted molar refractivity (Wildman–Crippen MR) is 81.5 cm³/mol. The molecule has 0 spiro atoms. The normalized spacial score (nSPS) is 12.2. The first-order chi connectivity index (χ1) is 9.18.